The maximum Gasteiger partial charge on any atom is 0.0394 e. The number of aryl methyl sites for hydroxylation is 1. The molecule has 0 saturated heterocycles. The van der Waals surface area contributed by atoms with Gasteiger partial charge in [-0.05, 0) is 54.8 Å². The molecular formula is C15H19N3. The van der Waals surface area contributed by atoms with E-state index in [2.05, 4.69) is 42.1 Å². The number of nitrogens with two attached hydrogens (primary N) is 1. The van der Waals surface area contributed by atoms with Gasteiger partial charge in [-0.3, -0.25) is 4.98 Å². The largest absolute Gasteiger partial charge is 0.399 e. The van der Waals surface area contributed by atoms with Crippen molar-refractivity contribution in [3.05, 3.63) is 53.9 Å². The first-order chi connectivity index (χ1) is 8.66. The van der Waals surface area contributed by atoms with Crippen LogP contribution in [0.2, 0.25) is 0 Å². The van der Waals surface area contributed by atoms with Crippen LogP contribution >= 0.6 is 0 Å². The van der Waals surface area contributed by atoms with Crippen molar-refractivity contribution in [2.75, 3.05) is 24.2 Å². The maximum absolute atomic E-state index is 5.77. The molecule has 18 heavy (non-hydrogen) atoms. The van der Waals surface area contributed by atoms with Crippen molar-refractivity contribution in [2.24, 2.45) is 0 Å². The van der Waals surface area contributed by atoms with E-state index in [-0.39, 0.29) is 0 Å². The predicted molar refractivity (Wildman–Crippen MR) is 76.8 cm³/mol. The van der Waals surface area contributed by atoms with E-state index in [1.165, 1.54) is 16.8 Å². The van der Waals surface area contributed by atoms with Crippen LogP contribution in [-0.2, 0) is 6.42 Å². The highest BCUT2D eigenvalue weighted by Crippen LogP contribution is 2.21. The van der Waals surface area contributed by atoms with E-state index in [1.54, 1.807) is 0 Å². The molecule has 0 amide bonds. The number of benzene rings is 1. The fourth-order valence-corrected chi connectivity index (χ4v) is 2.07. The molecule has 2 aromatic rings. The quantitative estimate of drug-likeness (QED) is 0.837. The van der Waals surface area contributed by atoms with E-state index in [4.69, 9.17) is 5.73 Å². The van der Waals surface area contributed by atoms with Gasteiger partial charge in [0.05, 0.1) is 0 Å². The van der Waals surface area contributed by atoms with Crippen LogP contribution in [0.3, 0.4) is 0 Å². The van der Waals surface area contributed by atoms with E-state index in [9.17, 15) is 0 Å². The fourth-order valence-electron chi connectivity index (χ4n) is 2.07. The Kier molecular flexibility index (Phi) is 3.82. The molecule has 94 valence electrons. The first kappa shape index (κ1) is 12.4. The first-order valence-electron chi connectivity index (χ1n) is 6.13. The Morgan fingerprint density at radius 3 is 2.56 bits per heavy atom. The summed E-state index contributed by atoms with van der Waals surface area (Å²) >= 11 is 0. The third-order valence-electron chi connectivity index (χ3n) is 3.12. The molecule has 0 aliphatic carbocycles. The molecule has 2 N–H and O–H groups in total. The molecule has 0 fully saturated rings. The number of aromatic nitrogens is 1. The van der Waals surface area contributed by atoms with Crippen LogP contribution in [0.15, 0.2) is 42.7 Å². The molecule has 0 unspecified atom stereocenters. The van der Waals surface area contributed by atoms with Crippen LogP contribution in [0.25, 0.3) is 0 Å². The van der Waals surface area contributed by atoms with Crippen LogP contribution in [-0.4, -0.2) is 18.6 Å². The van der Waals surface area contributed by atoms with Gasteiger partial charge in [0.25, 0.3) is 0 Å². The minimum absolute atomic E-state index is 0.818. The molecule has 2 rings (SSSR count). The molecule has 3 heteroatoms. The van der Waals surface area contributed by atoms with E-state index < -0.39 is 0 Å². The Morgan fingerprint density at radius 2 is 1.89 bits per heavy atom. The lowest BCUT2D eigenvalue weighted by molar-refractivity contribution is 0.871. The fraction of sp³-hybridized carbons (Fsp3) is 0.267. The molecule has 0 atom stereocenters. The summed E-state index contributed by atoms with van der Waals surface area (Å²) in [6.45, 7) is 3.07. The number of anilines is 2. The van der Waals surface area contributed by atoms with Gasteiger partial charge in [-0.2, -0.15) is 0 Å². The lowest BCUT2D eigenvalue weighted by Crippen LogP contribution is -2.21. The van der Waals surface area contributed by atoms with E-state index in [1.807, 2.05) is 24.5 Å². The number of hydrogen-bond acceptors (Lipinski definition) is 3. The van der Waals surface area contributed by atoms with Gasteiger partial charge in [-0.1, -0.05) is 0 Å². The summed E-state index contributed by atoms with van der Waals surface area (Å²) in [5.74, 6) is 0. The molecule has 0 radical (unpaired) electrons. The van der Waals surface area contributed by atoms with Gasteiger partial charge >= 0.3 is 0 Å². The molecule has 1 aromatic heterocycles. The first-order valence-corrected chi connectivity index (χ1v) is 6.13. The number of nitrogens with zero attached hydrogens (tertiary/aromatic N) is 2. The smallest absolute Gasteiger partial charge is 0.0394 e. The third kappa shape index (κ3) is 3.00. The Morgan fingerprint density at radius 1 is 1.17 bits per heavy atom. The van der Waals surface area contributed by atoms with Gasteiger partial charge in [0.15, 0.2) is 0 Å². The van der Waals surface area contributed by atoms with Crippen molar-refractivity contribution >= 4 is 11.4 Å². The second-order valence-corrected chi connectivity index (χ2v) is 4.57. The molecule has 0 saturated carbocycles. The number of rotatable bonds is 4. The van der Waals surface area contributed by atoms with Crippen molar-refractivity contribution in [3.63, 3.8) is 0 Å². The monoisotopic (exact) mass is 241 g/mol. The number of likely N-dealkylation sites (N-methyl/N-ethyl adjacent to an activating group) is 1. The lowest BCUT2D eigenvalue weighted by Gasteiger charge is -2.21. The second-order valence-electron chi connectivity index (χ2n) is 4.57. The van der Waals surface area contributed by atoms with Gasteiger partial charge in [-0.15, -0.1) is 0 Å². The number of pyridine rings is 1. The van der Waals surface area contributed by atoms with Crippen LogP contribution in [0.4, 0.5) is 11.4 Å². The lowest BCUT2D eigenvalue weighted by atomic mass is 10.1. The highest BCUT2D eigenvalue weighted by Gasteiger charge is 2.04. The zero-order valence-corrected chi connectivity index (χ0v) is 10.9. The van der Waals surface area contributed by atoms with Crippen molar-refractivity contribution in [3.8, 4) is 0 Å². The van der Waals surface area contributed by atoms with Gasteiger partial charge in [0.2, 0.25) is 0 Å². The van der Waals surface area contributed by atoms with Crippen molar-refractivity contribution in [1.29, 1.82) is 0 Å². The van der Waals surface area contributed by atoms with Crippen LogP contribution in [0, 0.1) is 6.92 Å². The maximum atomic E-state index is 5.77. The van der Waals surface area contributed by atoms with E-state index in [0.29, 0.717) is 0 Å². The van der Waals surface area contributed by atoms with Crippen LogP contribution in [0.1, 0.15) is 11.1 Å². The minimum Gasteiger partial charge on any atom is -0.399 e. The SMILES string of the molecule is Cc1cc(N)ccc1N(C)CCc1ccncc1. The highest BCUT2D eigenvalue weighted by atomic mass is 15.1. The third-order valence-corrected chi connectivity index (χ3v) is 3.12. The number of hydrogen-bond donors (Lipinski definition) is 1. The molecule has 0 aliphatic rings. The van der Waals surface area contributed by atoms with Crippen LogP contribution in [0.5, 0.6) is 0 Å². The van der Waals surface area contributed by atoms with E-state index >= 15 is 0 Å². The highest BCUT2D eigenvalue weighted by molar-refractivity contribution is 5.58. The molecule has 1 aromatic carbocycles. The molecule has 1 heterocycles. The van der Waals surface area contributed by atoms with Gasteiger partial charge in [-0.25, -0.2) is 0 Å². The Balaban J connectivity index is 2.01. The average molecular weight is 241 g/mol. The zero-order chi connectivity index (χ0) is 13.0. The molecular weight excluding hydrogens is 222 g/mol. The van der Waals surface area contributed by atoms with Crippen molar-refractivity contribution in [2.45, 2.75) is 13.3 Å². The molecule has 0 spiro atoms. The van der Waals surface area contributed by atoms with Crippen molar-refractivity contribution in [1.82, 2.24) is 4.98 Å². The van der Waals surface area contributed by atoms with Crippen LogP contribution < -0.4 is 10.6 Å². The molecule has 0 bridgehead atoms. The van der Waals surface area contributed by atoms with Gasteiger partial charge in [0.1, 0.15) is 0 Å². The van der Waals surface area contributed by atoms with E-state index in [0.717, 1.165) is 18.7 Å². The Hall–Kier alpha value is -2.03. The van der Waals surface area contributed by atoms with Gasteiger partial charge < -0.3 is 10.6 Å². The summed E-state index contributed by atoms with van der Waals surface area (Å²) in [6, 6.07) is 10.2. The van der Waals surface area contributed by atoms with Crippen molar-refractivity contribution < 1.29 is 0 Å². The zero-order valence-electron chi connectivity index (χ0n) is 10.9. The minimum atomic E-state index is 0.818. The summed E-state index contributed by atoms with van der Waals surface area (Å²) in [5.41, 5.74) is 10.3. The summed E-state index contributed by atoms with van der Waals surface area (Å²) in [5, 5.41) is 0. The summed E-state index contributed by atoms with van der Waals surface area (Å²) in [4.78, 5) is 6.29. The molecule has 3 nitrogen and oxygen atoms in total. The average Bonchev–Trinajstić information content (AvgIpc) is 2.37. The molecule has 0 aliphatic heterocycles. The standard InChI is InChI=1S/C15H19N3/c1-12-11-14(16)3-4-15(12)18(2)10-7-13-5-8-17-9-6-13/h3-6,8-9,11H,7,10,16H2,1-2H3. The summed E-state index contributed by atoms with van der Waals surface area (Å²) in [7, 11) is 2.11. The summed E-state index contributed by atoms with van der Waals surface area (Å²) < 4.78 is 0. The second kappa shape index (κ2) is 5.54. The Labute approximate surface area is 108 Å². The normalized spacial score (nSPS) is 10.3. The topological polar surface area (TPSA) is 42.1 Å². The number of nitrogen functional groups attached to an aromatic ring is 1. The Bertz CT molecular complexity index is 508. The summed E-state index contributed by atoms with van der Waals surface area (Å²) in [6.07, 6.45) is 4.69. The van der Waals surface area contributed by atoms with Gasteiger partial charge in [0, 0.05) is 37.4 Å². The predicted octanol–water partition coefficient (Wildman–Crippen LogP) is 2.65.